The molecule has 1 aromatic heterocycles. The van der Waals surface area contributed by atoms with Crippen LogP contribution in [-0.2, 0) is 4.79 Å². The van der Waals surface area contributed by atoms with Gasteiger partial charge < -0.3 is 5.32 Å². The molecule has 1 heterocycles. The number of hydrogen-bond donors (Lipinski definition) is 1. The summed E-state index contributed by atoms with van der Waals surface area (Å²) in [5.74, 6) is -2.95. The van der Waals surface area contributed by atoms with E-state index in [9.17, 15) is 9.59 Å². The molecule has 0 bridgehead atoms. The zero-order valence-electron chi connectivity index (χ0n) is 11.1. The van der Waals surface area contributed by atoms with Gasteiger partial charge in [-0.15, -0.1) is 0 Å². The topological polar surface area (TPSA) is 82.9 Å². The summed E-state index contributed by atoms with van der Waals surface area (Å²) < 4.78 is 0. The number of nitrogens with zero attached hydrogens (tertiary/aromatic N) is 2. The van der Waals surface area contributed by atoms with Crippen molar-refractivity contribution in [3.63, 3.8) is 0 Å². The first kappa shape index (κ1) is 16.0. The van der Waals surface area contributed by atoms with Crippen molar-refractivity contribution in [2.24, 2.45) is 5.92 Å². The number of hydrogen-bond acceptors (Lipinski definition) is 4. The van der Waals surface area contributed by atoms with E-state index in [1.54, 1.807) is 18.2 Å². The molecule has 0 saturated heterocycles. The Morgan fingerprint density at radius 1 is 1.18 bits per heavy atom. The van der Waals surface area contributed by atoms with Crippen LogP contribution in [0, 0.1) is 17.2 Å². The molecule has 0 aliphatic rings. The van der Waals surface area contributed by atoms with Gasteiger partial charge in [-0.3, -0.25) is 14.6 Å². The highest BCUT2D eigenvalue weighted by molar-refractivity contribution is 6.35. The molecule has 110 valence electrons. The first-order valence-electron chi connectivity index (χ1n) is 6.13. The zero-order valence-corrected chi connectivity index (χ0v) is 12.6. The smallest absolute Gasteiger partial charge is 0.249 e. The first-order chi connectivity index (χ1) is 10.5. The number of anilines is 1. The van der Waals surface area contributed by atoms with Crippen molar-refractivity contribution in [3.8, 4) is 6.07 Å². The highest BCUT2D eigenvalue weighted by Gasteiger charge is 2.28. The summed E-state index contributed by atoms with van der Waals surface area (Å²) in [6, 6.07) is 10.8. The minimum absolute atomic E-state index is 0.0494. The Hall–Kier alpha value is -2.42. The van der Waals surface area contributed by atoms with E-state index in [1.165, 1.54) is 30.5 Å². The quantitative estimate of drug-likeness (QED) is 0.686. The highest BCUT2D eigenvalue weighted by Crippen LogP contribution is 2.23. The number of rotatable bonds is 4. The molecule has 22 heavy (non-hydrogen) atoms. The van der Waals surface area contributed by atoms with Gasteiger partial charge in [0.25, 0.3) is 0 Å². The number of nitrogens with one attached hydrogen (secondary N) is 1. The summed E-state index contributed by atoms with van der Waals surface area (Å²) in [4.78, 5) is 28.1. The highest BCUT2D eigenvalue weighted by atomic mass is 35.5. The second-order valence-corrected chi connectivity index (χ2v) is 5.16. The van der Waals surface area contributed by atoms with Gasteiger partial charge >= 0.3 is 0 Å². The molecular formula is C15H9Cl2N3O2. The molecule has 2 aromatic rings. The number of nitriles is 1. The number of Topliss-reactive ketones (excluding diaryl/α,β-unsaturated/α-hetero) is 1. The van der Waals surface area contributed by atoms with E-state index in [4.69, 9.17) is 28.5 Å². The lowest BCUT2D eigenvalue weighted by Crippen LogP contribution is -2.29. The monoisotopic (exact) mass is 333 g/mol. The van der Waals surface area contributed by atoms with Crippen LogP contribution in [0.5, 0.6) is 0 Å². The average molecular weight is 334 g/mol. The number of carbonyl (C=O) groups excluding carboxylic acids is 2. The molecule has 0 saturated carbocycles. The molecule has 1 unspecified atom stereocenters. The fourth-order valence-electron chi connectivity index (χ4n) is 1.73. The Labute approximate surface area is 136 Å². The van der Waals surface area contributed by atoms with E-state index in [0.29, 0.717) is 15.7 Å². The lowest BCUT2D eigenvalue weighted by Gasteiger charge is -2.10. The summed E-state index contributed by atoms with van der Waals surface area (Å²) >= 11 is 11.7. The minimum Gasteiger partial charge on any atom is -0.324 e. The third-order valence-electron chi connectivity index (χ3n) is 2.70. The second kappa shape index (κ2) is 7.03. The summed E-state index contributed by atoms with van der Waals surface area (Å²) in [6.07, 6.45) is 1.41. The van der Waals surface area contributed by atoms with Crippen LogP contribution in [0.3, 0.4) is 0 Å². The van der Waals surface area contributed by atoms with Crippen LogP contribution in [0.25, 0.3) is 0 Å². The molecule has 1 N–H and O–H groups in total. The van der Waals surface area contributed by atoms with Crippen LogP contribution in [-0.4, -0.2) is 16.7 Å². The van der Waals surface area contributed by atoms with Crippen molar-refractivity contribution in [1.29, 1.82) is 5.26 Å². The van der Waals surface area contributed by atoms with Gasteiger partial charge in [0.05, 0.1) is 6.07 Å². The number of carbonyl (C=O) groups is 2. The van der Waals surface area contributed by atoms with Gasteiger partial charge in [0.2, 0.25) is 11.7 Å². The van der Waals surface area contributed by atoms with Crippen LogP contribution < -0.4 is 5.32 Å². The molecule has 1 aromatic carbocycles. The van der Waals surface area contributed by atoms with E-state index < -0.39 is 17.6 Å². The number of ketones is 1. The predicted octanol–water partition coefficient (Wildman–Crippen LogP) is 3.35. The normalized spacial score (nSPS) is 11.3. The average Bonchev–Trinajstić information content (AvgIpc) is 2.47. The van der Waals surface area contributed by atoms with E-state index in [0.717, 1.165) is 0 Å². The van der Waals surface area contributed by atoms with Crippen molar-refractivity contribution in [2.45, 2.75) is 0 Å². The fraction of sp³-hybridized carbons (Fsp3) is 0.0667. The third-order valence-corrected chi connectivity index (χ3v) is 3.14. The first-order valence-corrected chi connectivity index (χ1v) is 6.88. The molecule has 1 atom stereocenters. The molecule has 0 aliphatic heterocycles. The zero-order chi connectivity index (χ0) is 16.1. The van der Waals surface area contributed by atoms with Crippen LogP contribution >= 0.6 is 23.2 Å². The predicted molar refractivity (Wildman–Crippen MR) is 82.8 cm³/mol. The van der Waals surface area contributed by atoms with Gasteiger partial charge in [0.1, 0.15) is 5.69 Å². The van der Waals surface area contributed by atoms with Crippen LogP contribution in [0.4, 0.5) is 5.69 Å². The molecule has 0 aliphatic carbocycles. The maximum absolute atomic E-state index is 12.1. The lowest BCUT2D eigenvalue weighted by atomic mass is 10.0. The molecule has 2 rings (SSSR count). The van der Waals surface area contributed by atoms with E-state index >= 15 is 0 Å². The van der Waals surface area contributed by atoms with Crippen molar-refractivity contribution >= 4 is 40.6 Å². The van der Waals surface area contributed by atoms with Gasteiger partial charge in [0, 0.05) is 21.9 Å². The largest absolute Gasteiger partial charge is 0.324 e. The van der Waals surface area contributed by atoms with Crippen LogP contribution in [0.2, 0.25) is 10.0 Å². The van der Waals surface area contributed by atoms with Crippen LogP contribution in [0.1, 0.15) is 10.5 Å². The summed E-state index contributed by atoms with van der Waals surface area (Å²) in [6.45, 7) is 0. The lowest BCUT2D eigenvalue weighted by molar-refractivity contribution is -0.117. The number of benzene rings is 1. The van der Waals surface area contributed by atoms with Gasteiger partial charge in [-0.1, -0.05) is 29.3 Å². The van der Waals surface area contributed by atoms with Crippen LogP contribution in [0.15, 0.2) is 42.6 Å². The Bertz CT molecular complexity index is 737. The number of pyridine rings is 1. The maximum atomic E-state index is 12.1. The molecule has 1 amide bonds. The van der Waals surface area contributed by atoms with Gasteiger partial charge in [-0.05, 0) is 30.3 Å². The number of amides is 1. The molecule has 5 nitrogen and oxygen atoms in total. The van der Waals surface area contributed by atoms with Gasteiger partial charge in [0.15, 0.2) is 5.92 Å². The van der Waals surface area contributed by atoms with Gasteiger partial charge in [-0.2, -0.15) is 5.26 Å². The van der Waals surface area contributed by atoms with Crippen molar-refractivity contribution in [2.75, 3.05) is 5.32 Å². The van der Waals surface area contributed by atoms with Gasteiger partial charge in [-0.25, -0.2) is 0 Å². The Morgan fingerprint density at radius 2 is 1.86 bits per heavy atom. The van der Waals surface area contributed by atoms with Crippen molar-refractivity contribution in [3.05, 3.63) is 58.3 Å². The SMILES string of the molecule is N#CC(C(=O)Nc1cc(Cl)cc(Cl)c1)C(=O)c1ccccn1. The van der Waals surface area contributed by atoms with E-state index in [-0.39, 0.29) is 5.69 Å². The molecule has 0 spiro atoms. The third kappa shape index (κ3) is 3.82. The summed E-state index contributed by atoms with van der Waals surface area (Å²) in [5, 5.41) is 12.2. The minimum atomic E-state index is -1.51. The Balaban J connectivity index is 2.19. The number of aromatic nitrogens is 1. The summed E-state index contributed by atoms with van der Waals surface area (Å²) in [5.41, 5.74) is 0.352. The molecule has 7 heteroatoms. The molecule has 0 fully saturated rings. The van der Waals surface area contributed by atoms with Crippen molar-refractivity contribution < 1.29 is 9.59 Å². The fourth-order valence-corrected chi connectivity index (χ4v) is 2.26. The standard InChI is InChI=1S/C15H9Cl2N3O2/c16-9-5-10(17)7-11(6-9)20-15(22)12(8-18)14(21)13-3-1-2-4-19-13/h1-7,12H,(H,20,22). The number of halogens is 2. The van der Waals surface area contributed by atoms with Crippen molar-refractivity contribution in [1.82, 2.24) is 4.98 Å². The Kier molecular flexibility index (Phi) is 5.10. The molecule has 0 radical (unpaired) electrons. The molecular weight excluding hydrogens is 325 g/mol. The maximum Gasteiger partial charge on any atom is 0.249 e. The summed E-state index contributed by atoms with van der Waals surface area (Å²) in [7, 11) is 0. The van der Waals surface area contributed by atoms with E-state index in [2.05, 4.69) is 10.3 Å². The Morgan fingerprint density at radius 3 is 2.41 bits per heavy atom. The van der Waals surface area contributed by atoms with E-state index in [1.807, 2.05) is 0 Å². The second-order valence-electron chi connectivity index (χ2n) is 4.29.